The zero-order valence-corrected chi connectivity index (χ0v) is 16.4. The second kappa shape index (κ2) is 8.70. The number of hydrogen-bond acceptors (Lipinski definition) is 3. The van der Waals surface area contributed by atoms with Crippen molar-refractivity contribution >= 4 is 33.4 Å². The summed E-state index contributed by atoms with van der Waals surface area (Å²) in [6.07, 6.45) is 2.88. The van der Waals surface area contributed by atoms with Gasteiger partial charge in [0.15, 0.2) is 0 Å². The monoisotopic (exact) mass is 410 g/mol. The molecular weight excluding hydrogens is 391 g/mol. The molecule has 0 atom stereocenters. The molecule has 0 saturated heterocycles. The average molecular weight is 410 g/mol. The number of nitrogens with one attached hydrogen (secondary N) is 1. The van der Waals surface area contributed by atoms with Crippen LogP contribution in [0.15, 0.2) is 89.8 Å². The van der Waals surface area contributed by atoms with Crippen LogP contribution in [-0.4, -0.2) is 21.4 Å². The van der Waals surface area contributed by atoms with Gasteiger partial charge in [0.2, 0.25) is 5.91 Å². The number of para-hydroxylation sites is 1. The number of anilines is 2. The highest BCUT2D eigenvalue weighted by Gasteiger charge is 2.20. The first-order valence-corrected chi connectivity index (χ1v) is 10.2. The standard InChI is InChI=1S/C22H19FN2O3S/c1-25(20-5-3-2-4-6-20)29(27,28)21-14-12-19(13-15-21)24-22(26)16-9-17-7-10-18(23)11-8-17/h2-16H,1H3,(H,24,26)/b16-9-. The minimum Gasteiger partial charge on any atom is -0.323 e. The van der Waals surface area contributed by atoms with E-state index in [4.69, 9.17) is 0 Å². The van der Waals surface area contributed by atoms with Crippen LogP contribution in [0.5, 0.6) is 0 Å². The fourth-order valence-corrected chi connectivity index (χ4v) is 3.77. The molecule has 3 aromatic rings. The Balaban J connectivity index is 1.68. The number of halogens is 1. The van der Waals surface area contributed by atoms with E-state index in [1.165, 1.54) is 53.8 Å². The van der Waals surface area contributed by atoms with Crippen LogP contribution >= 0.6 is 0 Å². The van der Waals surface area contributed by atoms with Gasteiger partial charge in [0.1, 0.15) is 5.82 Å². The number of nitrogens with zero attached hydrogens (tertiary/aromatic N) is 1. The van der Waals surface area contributed by atoms with Crippen molar-refractivity contribution in [3.63, 3.8) is 0 Å². The normalized spacial score (nSPS) is 11.4. The van der Waals surface area contributed by atoms with Gasteiger partial charge in [-0.3, -0.25) is 9.10 Å². The summed E-state index contributed by atoms with van der Waals surface area (Å²) in [5, 5.41) is 2.65. The number of benzene rings is 3. The maximum Gasteiger partial charge on any atom is 0.264 e. The fourth-order valence-electron chi connectivity index (χ4n) is 2.57. The molecule has 0 aliphatic heterocycles. The summed E-state index contributed by atoms with van der Waals surface area (Å²) in [5.41, 5.74) is 1.70. The second-order valence-electron chi connectivity index (χ2n) is 6.21. The van der Waals surface area contributed by atoms with Gasteiger partial charge >= 0.3 is 0 Å². The van der Waals surface area contributed by atoms with E-state index in [9.17, 15) is 17.6 Å². The minimum absolute atomic E-state index is 0.115. The molecule has 1 amide bonds. The van der Waals surface area contributed by atoms with Gasteiger partial charge in [0.05, 0.1) is 10.6 Å². The molecule has 0 unspecified atom stereocenters. The van der Waals surface area contributed by atoms with Crippen molar-refractivity contribution in [1.82, 2.24) is 0 Å². The van der Waals surface area contributed by atoms with Crippen molar-refractivity contribution < 1.29 is 17.6 Å². The van der Waals surface area contributed by atoms with E-state index in [2.05, 4.69) is 5.32 Å². The molecule has 0 radical (unpaired) electrons. The van der Waals surface area contributed by atoms with Crippen molar-refractivity contribution in [2.75, 3.05) is 16.7 Å². The molecular formula is C22H19FN2O3S. The molecule has 0 aliphatic rings. The molecule has 0 bridgehead atoms. The summed E-state index contributed by atoms with van der Waals surface area (Å²) >= 11 is 0. The zero-order chi connectivity index (χ0) is 20.9. The van der Waals surface area contributed by atoms with E-state index in [0.29, 0.717) is 16.9 Å². The molecule has 0 fully saturated rings. The van der Waals surface area contributed by atoms with Gasteiger partial charge in [-0.15, -0.1) is 0 Å². The molecule has 1 N–H and O–H groups in total. The number of carbonyl (C=O) groups excluding carboxylic acids is 1. The van der Waals surface area contributed by atoms with Crippen molar-refractivity contribution in [2.24, 2.45) is 0 Å². The third kappa shape index (κ3) is 5.08. The van der Waals surface area contributed by atoms with Gasteiger partial charge in [-0.05, 0) is 60.2 Å². The quantitative estimate of drug-likeness (QED) is 0.616. The van der Waals surface area contributed by atoms with Crippen LogP contribution in [0.1, 0.15) is 5.56 Å². The molecule has 0 aromatic heterocycles. The summed E-state index contributed by atoms with van der Waals surface area (Å²) < 4.78 is 39.6. The first-order valence-electron chi connectivity index (χ1n) is 8.75. The summed E-state index contributed by atoms with van der Waals surface area (Å²) in [7, 11) is -2.22. The van der Waals surface area contributed by atoms with Crippen LogP contribution in [-0.2, 0) is 14.8 Å². The molecule has 0 saturated carbocycles. The van der Waals surface area contributed by atoms with Gasteiger partial charge in [-0.2, -0.15) is 0 Å². The molecule has 7 heteroatoms. The highest BCUT2D eigenvalue weighted by Crippen LogP contribution is 2.22. The van der Waals surface area contributed by atoms with E-state index in [1.54, 1.807) is 42.5 Å². The van der Waals surface area contributed by atoms with Gasteiger partial charge in [0, 0.05) is 18.8 Å². The SMILES string of the molecule is CN(c1ccccc1)S(=O)(=O)c1ccc(NC(=O)/C=C\c2ccc(F)cc2)cc1. The van der Waals surface area contributed by atoms with E-state index in [1.807, 2.05) is 6.07 Å². The number of amides is 1. The van der Waals surface area contributed by atoms with E-state index >= 15 is 0 Å². The summed E-state index contributed by atoms with van der Waals surface area (Å²) in [6, 6.07) is 20.4. The first-order chi connectivity index (χ1) is 13.9. The van der Waals surface area contributed by atoms with Gasteiger partial charge in [0.25, 0.3) is 10.0 Å². The summed E-state index contributed by atoms with van der Waals surface area (Å²) in [5.74, 6) is -0.731. The maximum absolute atomic E-state index is 12.9. The highest BCUT2D eigenvalue weighted by molar-refractivity contribution is 7.92. The maximum atomic E-state index is 12.9. The Bertz CT molecular complexity index is 1110. The molecule has 5 nitrogen and oxygen atoms in total. The molecule has 148 valence electrons. The fraction of sp³-hybridized carbons (Fsp3) is 0.0455. The number of sulfonamides is 1. The Kier molecular flexibility index (Phi) is 6.09. The third-order valence-electron chi connectivity index (χ3n) is 4.20. The Morgan fingerprint density at radius 2 is 1.55 bits per heavy atom. The smallest absolute Gasteiger partial charge is 0.264 e. The van der Waals surface area contributed by atoms with Gasteiger partial charge in [-0.25, -0.2) is 12.8 Å². The van der Waals surface area contributed by atoms with Crippen LogP contribution in [0.2, 0.25) is 0 Å². The van der Waals surface area contributed by atoms with Crippen molar-refractivity contribution in [1.29, 1.82) is 0 Å². The Morgan fingerprint density at radius 1 is 0.931 bits per heavy atom. The summed E-state index contributed by atoms with van der Waals surface area (Å²) in [6.45, 7) is 0. The van der Waals surface area contributed by atoms with Crippen LogP contribution < -0.4 is 9.62 Å². The highest BCUT2D eigenvalue weighted by atomic mass is 32.2. The lowest BCUT2D eigenvalue weighted by molar-refractivity contribution is -0.111. The Labute approximate surface area is 169 Å². The van der Waals surface area contributed by atoms with Crippen LogP contribution in [0.4, 0.5) is 15.8 Å². The van der Waals surface area contributed by atoms with Gasteiger partial charge in [-0.1, -0.05) is 30.3 Å². The predicted octanol–water partition coefficient (Wildman–Crippen LogP) is 4.30. The first kappa shape index (κ1) is 20.3. The van der Waals surface area contributed by atoms with Crippen LogP contribution in [0.25, 0.3) is 6.08 Å². The van der Waals surface area contributed by atoms with E-state index in [0.717, 1.165) is 0 Å². The van der Waals surface area contributed by atoms with Crippen LogP contribution in [0.3, 0.4) is 0 Å². The minimum atomic E-state index is -3.71. The van der Waals surface area contributed by atoms with Crippen molar-refractivity contribution in [3.05, 3.63) is 96.3 Å². The second-order valence-corrected chi connectivity index (χ2v) is 8.18. The molecule has 3 aromatic carbocycles. The van der Waals surface area contributed by atoms with Gasteiger partial charge < -0.3 is 5.32 Å². The van der Waals surface area contributed by atoms with E-state index in [-0.39, 0.29) is 16.6 Å². The summed E-state index contributed by atoms with van der Waals surface area (Å²) in [4.78, 5) is 12.1. The average Bonchev–Trinajstić information content (AvgIpc) is 2.74. The molecule has 0 spiro atoms. The van der Waals surface area contributed by atoms with E-state index < -0.39 is 10.0 Å². The number of hydrogen-bond donors (Lipinski definition) is 1. The molecule has 29 heavy (non-hydrogen) atoms. The number of rotatable bonds is 6. The van der Waals surface area contributed by atoms with Crippen molar-refractivity contribution in [3.8, 4) is 0 Å². The Hall–Kier alpha value is -3.45. The lowest BCUT2D eigenvalue weighted by atomic mass is 10.2. The predicted molar refractivity (Wildman–Crippen MR) is 113 cm³/mol. The zero-order valence-electron chi connectivity index (χ0n) is 15.6. The van der Waals surface area contributed by atoms with Crippen molar-refractivity contribution in [2.45, 2.75) is 4.90 Å². The molecule has 3 rings (SSSR count). The third-order valence-corrected chi connectivity index (χ3v) is 6.00. The van der Waals surface area contributed by atoms with Crippen LogP contribution in [0, 0.1) is 5.82 Å². The largest absolute Gasteiger partial charge is 0.323 e. The molecule has 0 aliphatic carbocycles. The number of carbonyl (C=O) groups is 1. The topological polar surface area (TPSA) is 66.5 Å². The Morgan fingerprint density at radius 3 is 2.17 bits per heavy atom. The lowest BCUT2D eigenvalue weighted by Gasteiger charge is -2.19. The molecule has 0 heterocycles. The lowest BCUT2D eigenvalue weighted by Crippen LogP contribution is -2.26.